The second-order valence-electron chi connectivity index (χ2n) is 8.23. The first-order valence-corrected chi connectivity index (χ1v) is 10.5. The minimum atomic E-state index is -0.382. The molecule has 2 aliphatic rings. The highest BCUT2D eigenvalue weighted by atomic mass is 16.5. The van der Waals surface area contributed by atoms with E-state index in [4.69, 9.17) is 4.74 Å². The molecule has 4 rings (SSSR count). The van der Waals surface area contributed by atoms with Gasteiger partial charge in [0, 0.05) is 45.2 Å². The van der Waals surface area contributed by atoms with Crippen LogP contribution < -0.4 is 0 Å². The van der Waals surface area contributed by atoms with Crippen LogP contribution in [-0.2, 0) is 16.0 Å². The summed E-state index contributed by atoms with van der Waals surface area (Å²) in [6.07, 6.45) is 0.138. The first-order chi connectivity index (χ1) is 14.9. The van der Waals surface area contributed by atoms with Crippen molar-refractivity contribution in [3.63, 3.8) is 0 Å². The van der Waals surface area contributed by atoms with E-state index in [9.17, 15) is 14.4 Å². The van der Waals surface area contributed by atoms with Gasteiger partial charge in [-0.1, -0.05) is 30.3 Å². The second kappa shape index (κ2) is 8.89. The Bertz CT molecular complexity index is 984. The fourth-order valence-electron chi connectivity index (χ4n) is 4.03. The van der Waals surface area contributed by atoms with Crippen LogP contribution in [0.15, 0.2) is 48.5 Å². The maximum atomic E-state index is 13.0. The maximum absolute atomic E-state index is 13.0. The Hall–Kier alpha value is -3.19. The number of hydrogen-bond donors (Lipinski definition) is 0. The Labute approximate surface area is 182 Å². The summed E-state index contributed by atoms with van der Waals surface area (Å²) < 4.78 is 5.59. The number of esters is 1. The minimum Gasteiger partial charge on any atom is -0.454 e. The summed E-state index contributed by atoms with van der Waals surface area (Å²) in [6.45, 7) is 3.08. The van der Waals surface area contributed by atoms with Crippen LogP contribution in [0.2, 0.25) is 0 Å². The molecule has 2 aliphatic heterocycles. The molecule has 2 aromatic rings. The zero-order chi connectivity index (χ0) is 22.0. The molecule has 0 N–H and O–H groups in total. The molecule has 0 saturated carbocycles. The third-order valence-corrected chi connectivity index (χ3v) is 5.97. The van der Waals surface area contributed by atoms with Crippen LogP contribution in [0.4, 0.5) is 0 Å². The Morgan fingerprint density at radius 2 is 1.77 bits per heavy atom. The summed E-state index contributed by atoms with van der Waals surface area (Å²) in [7, 11) is 3.67. The number of piperazine rings is 1. The van der Waals surface area contributed by atoms with Crippen molar-refractivity contribution in [2.24, 2.45) is 0 Å². The summed E-state index contributed by atoms with van der Waals surface area (Å²) in [5.74, 6) is -0.664. The molecule has 2 amide bonds. The fraction of sp³-hybridized carbons (Fsp3) is 0.375. The van der Waals surface area contributed by atoms with Gasteiger partial charge in [0.1, 0.15) is 6.10 Å². The average molecular weight is 421 g/mol. The zero-order valence-electron chi connectivity index (χ0n) is 17.9. The molecular formula is C24H27N3O4. The van der Waals surface area contributed by atoms with Gasteiger partial charge in [0.2, 0.25) is 5.91 Å². The van der Waals surface area contributed by atoms with Crippen LogP contribution in [0.5, 0.6) is 0 Å². The molecule has 0 aromatic heterocycles. The summed E-state index contributed by atoms with van der Waals surface area (Å²) in [5, 5.41) is 0. The lowest BCUT2D eigenvalue weighted by molar-refractivity contribution is -0.133. The first kappa shape index (κ1) is 21.1. The van der Waals surface area contributed by atoms with Crippen molar-refractivity contribution in [2.45, 2.75) is 12.5 Å². The molecule has 1 saturated heterocycles. The monoisotopic (exact) mass is 421 g/mol. The lowest BCUT2D eigenvalue weighted by Crippen LogP contribution is -2.50. The third kappa shape index (κ3) is 4.61. The summed E-state index contributed by atoms with van der Waals surface area (Å²) in [4.78, 5) is 43.4. The molecule has 1 fully saturated rings. The summed E-state index contributed by atoms with van der Waals surface area (Å²) in [5.41, 5.74) is 2.66. The van der Waals surface area contributed by atoms with E-state index >= 15 is 0 Å². The highest BCUT2D eigenvalue weighted by molar-refractivity contribution is 5.99. The largest absolute Gasteiger partial charge is 0.454 e. The van der Waals surface area contributed by atoms with Crippen LogP contribution in [0.3, 0.4) is 0 Å². The Morgan fingerprint density at radius 1 is 1.06 bits per heavy atom. The predicted molar refractivity (Wildman–Crippen MR) is 116 cm³/mol. The predicted octanol–water partition coefficient (Wildman–Crippen LogP) is 1.99. The lowest BCUT2D eigenvalue weighted by Gasteiger charge is -2.33. The third-order valence-electron chi connectivity index (χ3n) is 5.97. The quantitative estimate of drug-likeness (QED) is 0.706. The molecule has 0 spiro atoms. The number of hydrogen-bond acceptors (Lipinski definition) is 5. The molecule has 7 heteroatoms. The number of carbonyl (C=O) groups is 3. The van der Waals surface area contributed by atoms with Crippen molar-refractivity contribution in [2.75, 3.05) is 46.8 Å². The second-order valence-corrected chi connectivity index (χ2v) is 8.23. The van der Waals surface area contributed by atoms with Gasteiger partial charge in [0.05, 0.1) is 12.1 Å². The molecule has 31 heavy (non-hydrogen) atoms. The van der Waals surface area contributed by atoms with Crippen LogP contribution in [-0.4, -0.2) is 79.3 Å². The van der Waals surface area contributed by atoms with Crippen LogP contribution >= 0.6 is 0 Å². The van der Waals surface area contributed by atoms with E-state index in [2.05, 4.69) is 4.90 Å². The van der Waals surface area contributed by atoms with E-state index < -0.39 is 0 Å². The SMILES string of the molecule is CN1CCN(C(=O)CN(C)C(=O)c2ccc3c(c2)C[C@H](c2ccccc2)OC3=O)CC1. The zero-order valence-corrected chi connectivity index (χ0v) is 17.9. The van der Waals surface area contributed by atoms with E-state index in [-0.39, 0.29) is 30.4 Å². The molecular weight excluding hydrogens is 394 g/mol. The molecule has 0 bridgehead atoms. The number of cyclic esters (lactones) is 1. The highest BCUT2D eigenvalue weighted by Gasteiger charge is 2.29. The molecule has 7 nitrogen and oxygen atoms in total. The van der Waals surface area contributed by atoms with Gasteiger partial charge in [-0.15, -0.1) is 0 Å². The number of ether oxygens (including phenoxy) is 1. The Morgan fingerprint density at radius 3 is 2.48 bits per heavy atom. The summed E-state index contributed by atoms with van der Waals surface area (Å²) >= 11 is 0. The molecule has 0 unspecified atom stereocenters. The van der Waals surface area contributed by atoms with Crippen molar-refractivity contribution in [3.05, 3.63) is 70.8 Å². The topological polar surface area (TPSA) is 70.2 Å². The fourth-order valence-corrected chi connectivity index (χ4v) is 4.03. The van der Waals surface area contributed by atoms with E-state index in [0.29, 0.717) is 30.6 Å². The normalized spacial score (nSPS) is 18.8. The number of rotatable bonds is 4. The molecule has 0 radical (unpaired) electrons. The Balaban J connectivity index is 1.46. The first-order valence-electron chi connectivity index (χ1n) is 10.5. The van der Waals surface area contributed by atoms with Gasteiger partial charge in [-0.25, -0.2) is 4.79 Å². The van der Waals surface area contributed by atoms with E-state index in [1.807, 2.05) is 37.4 Å². The van der Waals surface area contributed by atoms with Crippen molar-refractivity contribution >= 4 is 17.8 Å². The smallest absolute Gasteiger partial charge is 0.339 e. The Kier molecular flexibility index (Phi) is 6.04. The van der Waals surface area contributed by atoms with Gasteiger partial charge in [0.15, 0.2) is 0 Å². The van der Waals surface area contributed by atoms with Gasteiger partial charge < -0.3 is 19.4 Å². The number of benzene rings is 2. The number of nitrogens with zero attached hydrogens (tertiary/aromatic N) is 3. The summed E-state index contributed by atoms with van der Waals surface area (Å²) in [6, 6.07) is 14.6. The van der Waals surface area contributed by atoms with Crippen LogP contribution in [0, 0.1) is 0 Å². The van der Waals surface area contributed by atoms with Crippen LogP contribution in [0.1, 0.15) is 37.9 Å². The van der Waals surface area contributed by atoms with Gasteiger partial charge >= 0.3 is 5.97 Å². The van der Waals surface area contributed by atoms with E-state index in [1.165, 1.54) is 4.90 Å². The van der Waals surface area contributed by atoms with Gasteiger partial charge in [-0.05, 0) is 36.4 Å². The number of carbonyl (C=O) groups excluding carboxylic acids is 3. The van der Waals surface area contributed by atoms with Gasteiger partial charge in [-0.3, -0.25) is 9.59 Å². The average Bonchev–Trinajstić information content (AvgIpc) is 2.79. The minimum absolute atomic E-state index is 0.0360. The maximum Gasteiger partial charge on any atom is 0.339 e. The standard InChI is InChI=1S/C24H27N3O4/c1-25-10-12-27(13-11-25)22(28)16-26(2)23(29)18-8-9-20-19(14-18)15-21(31-24(20)30)17-6-4-3-5-7-17/h3-9,14,21H,10-13,15-16H2,1-2H3/t21-/m1/s1. The van der Waals surface area contributed by atoms with Crippen molar-refractivity contribution in [1.29, 1.82) is 0 Å². The van der Waals surface area contributed by atoms with E-state index in [1.54, 1.807) is 30.1 Å². The van der Waals surface area contributed by atoms with E-state index in [0.717, 1.165) is 24.2 Å². The molecule has 1 atom stereocenters. The van der Waals surface area contributed by atoms with Crippen molar-refractivity contribution in [3.8, 4) is 0 Å². The molecule has 2 heterocycles. The van der Waals surface area contributed by atoms with Crippen molar-refractivity contribution in [1.82, 2.24) is 14.7 Å². The number of amides is 2. The van der Waals surface area contributed by atoms with Gasteiger partial charge in [0.25, 0.3) is 5.91 Å². The lowest BCUT2D eigenvalue weighted by atomic mass is 9.93. The molecule has 2 aromatic carbocycles. The number of likely N-dealkylation sites (N-methyl/N-ethyl adjacent to an activating group) is 2. The highest BCUT2D eigenvalue weighted by Crippen LogP contribution is 2.31. The molecule has 162 valence electrons. The van der Waals surface area contributed by atoms with Crippen LogP contribution in [0.25, 0.3) is 0 Å². The molecule has 0 aliphatic carbocycles. The number of fused-ring (bicyclic) bond motifs is 1. The van der Waals surface area contributed by atoms with Gasteiger partial charge in [-0.2, -0.15) is 0 Å². The van der Waals surface area contributed by atoms with Crippen molar-refractivity contribution < 1.29 is 19.1 Å².